The fourth-order valence-electron chi connectivity index (χ4n) is 1.78. The Morgan fingerprint density at radius 3 is 2.71 bits per heavy atom. The van der Waals surface area contributed by atoms with Gasteiger partial charge in [-0.15, -0.1) is 0 Å². The minimum atomic E-state index is 0.717. The maximum atomic E-state index is 5.49. The molecule has 0 atom stereocenters. The second kappa shape index (κ2) is 3.37. The lowest BCUT2D eigenvalue weighted by molar-refractivity contribution is 0.340. The first-order valence-electron chi connectivity index (χ1n) is 4.93. The summed E-state index contributed by atoms with van der Waals surface area (Å²) in [5, 5.41) is 1.23. The first kappa shape index (κ1) is 9.13. The van der Waals surface area contributed by atoms with Crippen molar-refractivity contribution < 1.29 is 4.74 Å². The van der Waals surface area contributed by atoms with Gasteiger partial charge in [0.2, 0.25) is 0 Å². The van der Waals surface area contributed by atoms with E-state index < -0.39 is 0 Å². The molecule has 2 nitrogen and oxygen atoms in total. The second-order valence-electron chi connectivity index (χ2n) is 3.59. The van der Waals surface area contributed by atoms with Crippen molar-refractivity contribution in [3.05, 3.63) is 29.5 Å². The highest BCUT2D eigenvalue weighted by atomic mass is 16.5. The molecule has 1 aromatic carbocycles. The minimum absolute atomic E-state index is 0.717. The van der Waals surface area contributed by atoms with E-state index in [1.807, 2.05) is 6.92 Å². The monoisotopic (exact) mass is 189 g/mol. The highest BCUT2D eigenvalue weighted by Gasteiger charge is 2.03. The predicted molar refractivity (Wildman–Crippen MR) is 58.9 cm³/mol. The number of ether oxygens (including phenoxy) is 1. The van der Waals surface area contributed by atoms with Crippen molar-refractivity contribution in [2.75, 3.05) is 6.61 Å². The van der Waals surface area contributed by atoms with Gasteiger partial charge in [-0.25, -0.2) is 0 Å². The summed E-state index contributed by atoms with van der Waals surface area (Å²) in [6.07, 6.45) is 0. The van der Waals surface area contributed by atoms with Crippen LogP contribution in [-0.4, -0.2) is 11.6 Å². The molecule has 2 heteroatoms. The lowest BCUT2D eigenvalue weighted by atomic mass is 10.1. The third kappa shape index (κ3) is 1.48. The van der Waals surface area contributed by atoms with E-state index in [9.17, 15) is 0 Å². The molecule has 0 bridgehead atoms. The van der Waals surface area contributed by atoms with Gasteiger partial charge >= 0.3 is 0 Å². The quantitative estimate of drug-likeness (QED) is 0.771. The second-order valence-corrected chi connectivity index (χ2v) is 3.59. The number of aromatic amines is 1. The molecular weight excluding hydrogens is 174 g/mol. The number of fused-ring (bicyclic) bond motifs is 1. The molecule has 0 unspecified atom stereocenters. The van der Waals surface area contributed by atoms with Crippen molar-refractivity contribution in [1.29, 1.82) is 0 Å². The Labute approximate surface area is 83.9 Å². The molecule has 0 spiro atoms. The van der Waals surface area contributed by atoms with Crippen LogP contribution in [0.5, 0.6) is 5.75 Å². The van der Waals surface area contributed by atoms with E-state index >= 15 is 0 Å². The molecule has 0 aliphatic heterocycles. The molecule has 0 saturated carbocycles. The molecular formula is C12H15NO. The van der Waals surface area contributed by atoms with Gasteiger partial charge in [-0.1, -0.05) is 0 Å². The van der Waals surface area contributed by atoms with E-state index in [0.29, 0.717) is 6.61 Å². The number of hydrogen-bond donors (Lipinski definition) is 1. The van der Waals surface area contributed by atoms with Crippen LogP contribution in [0.4, 0.5) is 0 Å². The minimum Gasteiger partial charge on any atom is -0.494 e. The van der Waals surface area contributed by atoms with E-state index in [0.717, 1.165) is 5.75 Å². The molecule has 0 amide bonds. The molecule has 0 aliphatic rings. The summed E-state index contributed by atoms with van der Waals surface area (Å²) in [6.45, 7) is 6.89. The third-order valence-corrected chi connectivity index (χ3v) is 2.34. The zero-order chi connectivity index (χ0) is 10.1. The van der Waals surface area contributed by atoms with Crippen molar-refractivity contribution in [2.45, 2.75) is 20.8 Å². The van der Waals surface area contributed by atoms with Crippen LogP contribution in [0.3, 0.4) is 0 Å². The summed E-state index contributed by atoms with van der Waals surface area (Å²) >= 11 is 0. The van der Waals surface area contributed by atoms with E-state index in [2.05, 4.69) is 37.0 Å². The van der Waals surface area contributed by atoms with Crippen LogP contribution in [0.25, 0.3) is 10.9 Å². The molecule has 1 N–H and O–H groups in total. The number of nitrogens with one attached hydrogen (secondary N) is 1. The fourth-order valence-corrected chi connectivity index (χ4v) is 1.78. The Morgan fingerprint density at radius 2 is 2.00 bits per heavy atom. The molecule has 1 aromatic heterocycles. The summed E-state index contributed by atoms with van der Waals surface area (Å²) in [5.41, 5.74) is 3.64. The van der Waals surface area contributed by atoms with E-state index in [1.54, 1.807) is 0 Å². The van der Waals surface area contributed by atoms with Crippen LogP contribution in [0, 0.1) is 13.8 Å². The van der Waals surface area contributed by atoms with E-state index in [1.165, 1.54) is 22.2 Å². The van der Waals surface area contributed by atoms with Gasteiger partial charge < -0.3 is 9.72 Å². The van der Waals surface area contributed by atoms with Crippen LogP contribution in [0.2, 0.25) is 0 Å². The maximum Gasteiger partial charge on any atom is 0.120 e. The highest BCUT2D eigenvalue weighted by molar-refractivity contribution is 5.84. The van der Waals surface area contributed by atoms with Crippen LogP contribution in [0.15, 0.2) is 18.2 Å². The lowest BCUT2D eigenvalue weighted by Crippen LogP contribution is -1.91. The Bertz CT molecular complexity index is 457. The molecule has 2 aromatic rings. The maximum absolute atomic E-state index is 5.49. The summed E-state index contributed by atoms with van der Waals surface area (Å²) in [5.74, 6) is 0.955. The van der Waals surface area contributed by atoms with Gasteiger partial charge in [0, 0.05) is 16.6 Å². The number of H-pyrrole nitrogens is 1. The lowest BCUT2D eigenvalue weighted by Gasteiger charge is -2.04. The van der Waals surface area contributed by atoms with Crippen LogP contribution >= 0.6 is 0 Å². The molecule has 0 fully saturated rings. The first-order valence-corrected chi connectivity index (χ1v) is 4.93. The number of rotatable bonds is 2. The Morgan fingerprint density at radius 1 is 1.21 bits per heavy atom. The Kier molecular flexibility index (Phi) is 2.20. The van der Waals surface area contributed by atoms with Crippen molar-refractivity contribution in [3.63, 3.8) is 0 Å². The molecule has 74 valence electrons. The van der Waals surface area contributed by atoms with Gasteiger partial charge in [0.25, 0.3) is 0 Å². The van der Waals surface area contributed by atoms with Crippen molar-refractivity contribution in [1.82, 2.24) is 4.98 Å². The van der Waals surface area contributed by atoms with Crippen molar-refractivity contribution in [3.8, 4) is 5.75 Å². The Hall–Kier alpha value is -1.44. The summed E-state index contributed by atoms with van der Waals surface area (Å²) < 4.78 is 5.49. The van der Waals surface area contributed by atoms with Crippen LogP contribution in [0.1, 0.15) is 18.2 Å². The van der Waals surface area contributed by atoms with Gasteiger partial charge in [-0.05, 0) is 44.5 Å². The first-order chi connectivity index (χ1) is 6.70. The zero-order valence-electron chi connectivity index (χ0n) is 8.85. The van der Waals surface area contributed by atoms with Gasteiger partial charge in [0.05, 0.1) is 6.61 Å². The average molecular weight is 189 g/mol. The molecule has 1 heterocycles. The van der Waals surface area contributed by atoms with Gasteiger partial charge in [0.1, 0.15) is 5.75 Å². The van der Waals surface area contributed by atoms with E-state index in [4.69, 9.17) is 4.74 Å². The van der Waals surface area contributed by atoms with Crippen LogP contribution in [-0.2, 0) is 0 Å². The summed E-state index contributed by atoms with van der Waals surface area (Å²) in [6, 6.07) is 6.29. The highest BCUT2D eigenvalue weighted by Crippen LogP contribution is 2.25. The number of benzene rings is 1. The summed E-state index contributed by atoms with van der Waals surface area (Å²) in [4.78, 5) is 3.34. The zero-order valence-corrected chi connectivity index (χ0v) is 8.85. The largest absolute Gasteiger partial charge is 0.494 e. The van der Waals surface area contributed by atoms with E-state index in [-0.39, 0.29) is 0 Å². The smallest absolute Gasteiger partial charge is 0.120 e. The molecule has 0 aliphatic carbocycles. The molecule has 14 heavy (non-hydrogen) atoms. The van der Waals surface area contributed by atoms with Gasteiger partial charge in [-0.2, -0.15) is 0 Å². The fraction of sp³-hybridized carbons (Fsp3) is 0.333. The molecule has 0 radical (unpaired) electrons. The molecule has 2 rings (SSSR count). The average Bonchev–Trinajstić information content (AvgIpc) is 2.47. The number of aromatic nitrogens is 1. The number of aryl methyl sites for hydroxylation is 2. The summed E-state index contributed by atoms with van der Waals surface area (Å²) in [7, 11) is 0. The number of hydrogen-bond acceptors (Lipinski definition) is 1. The SMILES string of the molecule is CCOc1cc(C)c2[nH]c(C)cc2c1. The van der Waals surface area contributed by atoms with Crippen molar-refractivity contribution >= 4 is 10.9 Å². The topological polar surface area (TPSA) is 25.0 Å². The van der Waals surface area contributed by atoms with Gasteiger partial charge in [-0.3, -0.25) is 0 Å². The standard InChI is InChI=1S/C12H15NO/c1-4-14-11-5-8(2)12-10(7-11)6-9(3)13-12/h5-7,13H,4H2,1-3H3. The molecule has 0 saturated heterocycles. The Balaban J connectivity index is 2.59. The third-order valence-electron chi connectivity index (χ3n) is 2.34. The van der Waals surface area contributed by atoms with Crippen molar-refractivity contribution in [2.24, 2.45) is 0 Å². The van der Waals surface area contributed by atoms with Gasteiger partial charge in [0.15, 0.2) is 0 Å². The van der Waals surface area contributed by atoms with Crippen LogP contribution < -0.4 is 4.74 Å². The predicted octanol–water partition coefficient (Wildman–Crippen LogP) is 3.18. The normalized spacial score (nSPS) is 10.8.